The number of hydrazine groups is 1. The quantitative estimate of drug-likeness (QED) is 0.643. The lowest BCUT2D eigenvalue weighted by Crippen LogP contribution is -2.48. The maximum Gasteiger partial charge on any atom is 0.279 e. The molecule has 2 N–H and O–H groups in total. The van der Waals surface area contributed by atoms with E-state index in [1.165, 1.54) is 35.9 Å². The third-order valence-corrected chi connectivity index (χ3v) is 3.88. The van der Waals surface area contributed by atoms with Gasteiger partial charge < -0.3 is 4.74 Å². The van der Waals surface area contributed by atoms with Gasteiger partial charge in [-0.2, -0.15) is 5.10 Å². The third kappa shape index (κ3) is 4.50. The SMILES string of the molecule is C[C@@H](Oc1ccc(F)cc1)C(=O)NNC(=O)Cn1ncc(=O)c2ccccc21. The Hall–Kier alpha value is -3.75. The number of carbonyl (C=O) groups excluding carboxylic acids is 2. The molecule has 0 saturated carbocycles. The van der Waals surface area contributed by atoms with E-state index in [4.69, 9.17) is 4.74 Å². The maximum atomic E-state index is 12.9. The first-order valence-corrected chi connectivity index (χ1v) is 8.40. The van der Waals surface area contributed by atoms with Gasteiger partial charge in [0, 0.05) is 5.39 Å². The first kappa shape index (κ1) is 19.0. The van der Waals surface area contributed by atoms with Crippen LogP contribution in [0.5, 0.6) is 5.75 Å². The second kappa shape index (κ2) is 8.30. The van der Waals surface area contributed by atoms with Crippen molar-refractivity contribution in [3.05, 3.63) is 70.8 Å². The van der Waals surface area contributed by atoms with Crippen molar-refractivity contribution in [1.82, 2.24) is 20.6 Å². The number of hydrogen-bond acceptors (Lipinski definition) is 5. The number of fused-ring (bicyclic) bond motifs is 1. The largest absolute Gasteiger partial charge is 0.481 e. The summed E-state index contributed by atoms with van der Waals surface area (Å²) in [6.45, 7) is 1.29. The molecule has 28 heavy (non-hydrogen) atoms. The number of benzene rings is 2. The van der Waals surface area contributed by atoms with Crippen molar-refractivity contribution in [3.8, 4) is 5.75 Å². The first-order valence-electron chi connectivity index (χ1n) is 8.40. The molecule has 1 aromatic heterocycles. The Morgan fingerprint density at radius 3 is 2.61 bits per heavy atom. The molecule has 0 radical (unpaired) electrons. The number of nitrogens with one attached hydrogen (secondary N) is 2. The van der Waals surface area contributed by atoms with Crippen molar-refractivity contribution in [2.75, 3.05) is 0 Å². The van der Waals surface area contributed by atoms with E-state index < -0.39 is 23.7 Å². The summed E-state index contributed by atoms with van der Waals surface area (Å²) in [6.07, 6.45) is 0.212. The Bertz CT molecular complexity index is 1070. The van der Waals surface area contributed by atoms with Gasteiger partial charge in [-0.25, -0.2) is 4.39 Å². The maximum absolute atomic E-state index is 12.9. The van der Waals surface area contributed by atoms with E-state index in [9.17, 15) is 18.8 Å². The van der Waals surface area contributed by atoms with Crippen LogP contribution >= 0.6 is 0 Å². The summed E-state index contributed by atoms with van der Waals surface area (Å²) >= 11 is 0. The van der Waals surface area contributed by atoms with Crippen LogP contribution in [0.1, 0.15) is 6.92 Å². The Morgan fingerprint density at radius 1 is 1.14 bits per heavy atom. The van der Waals surface area contributed by atoms with Gasteiger partial charge in [0.05, 0.1) is 11.7 Å². The number of ether oxygens (including phenoxy) is 1. The Labute approximate surface area is 158 Å². The predicted octanol–water partition coefficient (Wildman–Crippen LogP) is 1.15. The number of carbonyl (C=O) groups is 2. The summed E-state index contributed by atoms with van der Waals surface area (Å²) in [6, 6.07) is 12.0. The summed E-state index contributed by atoms with van der Waals surface area (Å²) in [4.78, 5) is 36.0. The molecule has 1 atom stereocenters. The zero-order chi connectivity index (χ0) is 20.1. The van der Waals surface area contributed by atoms with E-state index in [1.54, 1.807) is 24.3 Å². The van der Waals surface area contributed by atoms with E-state index >= 15 is 0 Å². The molecule has 0 saturated heterocycles. The normalized spacial score (nSPS) is 11.6. The molecule has 3 aromatic rings. The lowest BCUT2D eigenvalue weighted by Gasteiger charge is -2.15. The van der Waals surface area contributed by atoms with Gasteiger partial charge in [0.1, 0.15) is 18.1 Å². The molecule has 3 rings (SSSR count). The molecular weight excluding hydrogens is 367 g/mol. The molecule has 0 aliphatic heterocycles. The summed E-state index contributed by atoms with van der Waals surface area (Å²) < 4.78 is 19.6. The highest BCUT2D eigenvalue weighted by Crippen LogP contribution is 2.13. The van der Waals surface area contributed by atoms with Crippen molar-refractivity contribution >= 4 is 22.7 Å². The van der Waals surface area contributed by atoms with Gasteiger partial charge in [-0.05, 0) is 43.3 Å². The zero-order valence-electron chi connectivity index (χ0n) is 14.9. The number of rotatable bonds is 5. The first-order chi connectivity index (χ1) is 13.4. The number of hydrogen-bond donors (Lipinski definition) is 2. The highest BCUT2D eigenvalue weighted by Gasteiger charge is 2.16. The molecule has 0 aliphatic carbocycles. The topological polar surface area (TPSA) is 102 Å². The predicted molar refractivity (Wildman–Crippen MR) is 98.8 cm³/mol. The minimum atomic E-state index is -0.919. The monoisotopic (exact) mass is 384 g/mol. The molecule has 9 heteroatoms. The van der Waals surface area contributed by atoms with E-state index in [-0.39, 0.29) is 12.0 Å². The molecule has 0 unspecified atom stereocenters. The number of nitrogens with zero attached hydrogens (tertiary/aromatic N) is 2. The smallest absolute Gasteiger partial charge is 0.279 e. The molecular formula is C19H17FN4O4. The van der Waals surface area contributed by atoms with Gasteiger partial charge in [-0.15, -0.1) is 0 Å². The Balaban J connectivity index is 1.57. The highest BCUT2D eigenvalue weighted by molar-refractivity contribution is 5.85. The highest BCUT2D eigenvalue weighted by atomic mass is 19.1. The number of aromatic nitrogens is 2. The molecule has 1 heterocycles. The fourth-order valence-electron chi connectivity index (χ4n) is 2.47. The second-order valence-corrected chi connectivity index (χ2v) is 5.94. The van der Waals surface area contributed by atoms with Crippen LogP contribution in [0.4, 0.5) is 4.39 Å². The summed E-state index contributed by atoms with van der Waals surface area (Å²) in [5.41, 5.74) is 4.78. The molecule has 0 fully saturated rings. The Kier molecular flexibility index (Phi) is 5.64. The van der Waals surface area contributed by atoms with Crippen LogP contribution in [0.2, 0.25) is 0 Å². The lowest BCUT2D eigenvalue weighted by molar-refractivity contribution is -0.133. The van der Waals surface area contributed by atoms with Crippen LogP contribution in [0.3, 0.4) is 0 Å². The van der Waals surface area contributed by atoms with Gasteiger partial charge >= 0.3 is 0 Å². The third-order valence-electron chi connectivity index (χ3n) is 3.88. The van der Waals surface area contributed by atoms with Crippen LogP contribution in [-0.4, -0.2) is 27.7 Å². The molecule has 0 aliphatic rings. The fourth-order valence-corrected chi connectivity index (χ4v) is 2.47. The minimum Gasteiger partial charge on any atom is -0.481 e. The number of para-hydroxylation sites is 1. The van der Waals surface area contributed by atoms with Gasteiger partial charge in [0.25, 0.3) is 11.8 Å². The van der Waals surface area contributed by atoms with Crippen molar-refractivity contribution in [2.24, 2.45) is 0 Å². The van der Waals surface area contributed by atoms with Crippen molar-refractivity contribution < 1.29 is 18.7 Å². The van der Waals surface area contributed by atoms with Crippen LogP contribution in [-0.2, 0) is 16.1 Å². The van der Waals surface area contributed by atoms with E-state index in [1.807, 2.05) is 0 Å². The summed E-state index contributed by atoms with van der Waals surface area (Å²) in [7, 11) is 0. The van der Waals surface area contributed by atoms with E-state index in [0.717, 1.165) is 6.20 Å². The molecule has 2 amide bonds. The van der Waals surface area contributed by atoms with Crippen molar-refractivity contribution in [1.29, 1.82) is 0 Å². The van der Waals surface area contributed by atoms with Crippen LogP contribution < -0.4 is 21.0 Å². The van der Waals surface area contributed by atoms with Gasteiger partial charge in [-0.3, -0.25) is 29.9 Å². The average molecular weight is 384 g/mol. The molecule has 144 valence electrons. The second-order valence-electron chi connectivity index (χ2n) is 5.94. The Morgan fingerprint density at radius 2 is 1.86 bits per heavy atom. The van der Waals surface area contributed by atoms with Crippen LogP contribution in [0, 0.1) is 5.82 Å². The van der Waals surface area contributed by atoms with Gasteiger partial charge in [0.15, 0.2) is 6.10 Å². The van der Waals surface area contributed by atoms with Gasteiger partial charge in [-0.1, -0.05) is 12.1 Å². The standard InChI is InChI=1S/C19H17FN4O4/c1-12(28-14-8-6-13(20)7-9-14)19(27)23-22-18(26)11-24-16-5-3-2-4-15(16)17(25)10-21-24/h2-10,12H,11H2,1H3,(H,22,26)(H,23,27)/t12-/m1/s1. The summed E-state index contributed by atoms with van der Waals surface area (Å²) in [5, 5.41) is 4.39. The van der Waals surface area contributed by atoms with Crippen LogP contribution in [0.15, 0.2) is 59.5 Å². The number of halogens is 1. The summed E-state index contributed by atoms with van der Waals surface area (Å²) in [5.74, 6) is -1.22. The zero-order valence-corrected chi connectivity index (χ0v) is 14.9. The lowest BCUT2D eigenvalue weighted by atomic mass is 10.2. The average Bonchev–Trinajstić information content (AvgIpc) is 2.70. The minimum absolute atomic E-state index is 0.200. The van der Waals surface area contributed by atoms with Gasteiger partial charge in [0.2, 0.25) is 5.43 Å². The molecule has 0 spiro atoms. The molecule has 8 nitrogen and oxygen atoms in total. The number of amides is 2. The van der Waals surface area contributed by atoms with Crippen molar-refractivity contribution in [3.63, 3.8) is 0 Å². The molecule has 2 aromatic carbocycles. The fraction of sp³-hybridized carbons (Fsp3) is 0.158. The van der Waals surface area contributed by atoms with E-state index in [0.29, 0.717) is 16.7 Å². The molecule has 0 bridgehead atoms. The van der Waals surface area contributed by atoms with Crippen LogP contribution in [0.25, 0.3) is 10.9 Å². The van der Waals surface area contributed by atoms with E-state index in [2.05, 4.69) is 16.0 Å². The van der Waals surface area contributed by atoms with Crippen molar-refractivity contribution in [2.45, 2.75) is 19.6 Å².